The number of ether oxygens (including phenoxy) is 2. The zero-order valence-electron chi connectivity index (χ0n) is 16.3. The van der Waals surface area contributed by atoms with Gasteiger partial charge in [-0.1, -0.05) is 24.3 Å². The SMILES string of the molecule is COc1ccccc1C=CC(=O)c1cc(F)ccc1OC(=O)c1cccc(N([O-])O)c1. The lowest BCUT2D eigenvalue weighted by atomic mass is 10.1. The number of halogens is 1. The lowest BCUT2D eigenvalue weighted by molar-refractivity contribution is 0.0733. The van der Waals surface area contributed by atoms with Crippen molar-refractivity contribution in [3.8, 4) is 11.5 Å². The third-order valence-corrected chi connectivity index (χ3v) is 4.27. The molecule has 0 aliphatic heterocycles. The van der Waals surface area contributed by atoms with Crippen LogP contribution in [0.4, 0.5) is 10.1 Å². The first-order chi connectivity index (χ1) is 14.9. The average molecular weight is 422 g/mol. The second-order valence-corrected chi connectivity index (χ2v) is 6.29. The maximum Gasteiger partial charge on any atom is 0.343 e. The van der Waals surface area contributed by atoms with Crippen molar-refractivity contribution >= 4 is 23.5 Å². The summed E-state index contributed by atoms with van der Waals surface area (Å²) in [5.74, 6) is -1.78. The van der Waals surface area contributed by atoms with Crippen LogP contribution in [0.25, 0.3) is 6.08 Å². The minimum absolute atomic E-state index is 0.0420. The molecule has 0 saturated heterocycles. The summed E-state index contributed by atoms with van der Waals surface area (Å²) >= 11 is 0. The van der Waals surface area contributed by atoms with Gasteiger partial charge in [-0.15, -0.1) is 0 Å². The van der Waals surface area contributed by atoms with Crippen molar-refractivity contribution in [2.24, 2.45) is 0 Å². The first-order valence-electron chi connectivity index (χ1n) is 9.02. The number of para-hydroxylation sites is 1. The number of rotatable bonds is 7. The number of carbonyl (C=O) groups is 2. The van der Waals surface area contributed by atoms with Gasteiger partial charge in [0, 0.05) is 5.56 Å². The van der Waals surface area contributed by atoms with Gasteiger partial charge in [0.1, 0.15) is 17.3 Å². The van der Waals surface area contributed by atoms with Crippen LogP contribution in [0.1, 0.15) is 26.3 Å². The van der Waals surface area contributed by atoms with E-state index in [1.165, 1.54) is 37.5 Å². The molecule has 31 heavy (non-hydrogen) atoms. The van der Waals surface area contributed by atoms with E-state index >= 15 is 0 Å². The number of ketones is 1. The van der Waals surface area contributed by atoms with E-state index in [-0.39, 0.29) is 22.6 Å². The second-order valence-electron chi connectivity index (χ2n) is 6.29. The van der Waals surface area contributed by atoms with Crippen LogP contribution >= 0.6 is 0 Å². The van der Waals surface area contributed by atoms with Gasteiger partial charge < -0.3 is 19.9 Å². The fraction of sp³-hybridized carbons (Fsp3) is 0.0435. The number of hydrogen-bond donors (Lipinski definition) is 1. The van der Waals surface area contributed by atoms with Crippen molar-refractivity contribution in [3.05, 3.63) is 101 Å². The Morgan fingerprint density at radius 2 is 1.81 bits per heavy atom. The van der Waals surface area contributed by atoms with Crippen molar-refractivity contribution in [3.63, 3.8) is 0 Å². The average Bonchev–Trinajstić information content (AvgIpc) is 2.78. The molecule has 8 heteroatoms. The number of hydrogen-bond acceptors (Lipinski definition) is 7. The van der Waals surface area contributed by atoms with Gasteiger partial charge in [0.05, 0.1) is 23.9 Å². The van der Waals surface area contributed by atoms with Gasteiger partial charge in [0.2, 0.25) is 0 Å². The topological polar surface area (TPSA) is 99.1 Å². The molecule has 0 aliphatic rings. The lowest BCUT2D eigenvalue weighted by Crippen LogP contribution is -2.13. The zero-order valence-corrected chi connectivity index (χ0v) is 16.3. The normalized spacial score (nSPS) is 10.7. The van der Waals surface area contributed by atoms with Crippen molar-refractivity contribution < 1.29 is 28.7 Å². The molecule has 158 valence electrons. The van der Waals surface area contributed by atoms with E-state index in [0.29, 0.717) is 11.3 Å². The molecule has 1 N–H and O–H groups in total. The molecule has 0 heterocycles. The summed E-state index contributed by atoms with van der Waals surface area (Å²) in [5, 5.41) is 19.6. The minimum atomic E-state index is -0.891. The van der Waals surface area contributed by atoms with E-state index in [2.05, 4.69) is 0 Å². The number of allylic oxidation sites excluding steroid dienone is 1. The van der Waals surface area contributed by atoms with Crippen LogP contribution in [-0.2, 0) is 0 Å². The summed E-state index contributed by atoms with van der Waals surface area (Å²) in [7, 11) is 1.50. The summed E-state index contributed by atoms with van der Waals surface area (Å²) in [6, 6.07) is 15.3. The molecule has 0 unspecified atom stereocenters. The predicted octanol–water partition coefficient (Wildman–Crippen LogP) is 4.64. The fourth-order valence-corrected chi connectivity index (χ4v) is 2.75. The Morgan fingerprint density at radius 3 is 2.55 bits per heavy atom. The Kier molecular flexibility index (Phi) is 6.76. The van der Waals surface area contributed by atoms with Crippen LogP contribution in [-0.4, -0.2) is 24.1 Å². The van der Waals surface area contributed by atoms with Gasteiger partial charge in [0.25, 0.3) is 0 Å². The second kappa shape index (κ2) is 9.66. The third kappa shape index (κ3) is 5.33. The van der Waals surface area contributed by atoms with Gasteiger partial charge >= 0.3 is 5.97 Å². The van der Waals surface area contributed by atoms with E-state index in [1.54, 1.807) is 24.3 Å². The predicted molar refractivity (Wildman–Crippen MR) is 112 cm³/mol. The van der Waals surface area contributed by atoms with Crippen LogP contribution in [0.15, 0.2) is 72.8 Å². The van der Waals surface area contributed by atoms with Crippen LogP contribution in [0.5, 0.6) is 11.5 Å². The Labute approximate surface area is 177 Å². The van der Waals surface area contributed by atoms with Crippen molar-refractivity contribution in [1.82, 2.24) is 0 Å². The van der Waals surface area contributed by atoms with Gasteiger partial charge in [-0.05, 0) is 54.6 Å². The maximum atomic E-state index is 13.8. The number of methoxy groups -OCH3 is 1. The highest BCUT2D eigenvalue weighted by Crippen LogP contribution is 2.24. The standard InChI is InChI=1S/C23H17FNO6/c1-30-21-8-3-2-5-15(21)9-11-20(26)19-14-17(24)10-12-22(19)31-23(27)16-6-4-7-18(13-16)25(28)29/h2-14,28H,1H3/q-1. The molecule has 0 spiro atoms. The molecule has 0 fully saturated rings. The number of nitrogens with zero attached hydrogens (tertiary/aromatic N) is 1. The van der Waals surface area contributed by atoms with Crippen molar-refractivity contribution in [2.45, 2.75) is 0 Å². The molecular weight excluding hydrogens is 405 g/mol. The summed E-state index contributed by atoms with van der Waals surface area (Å²) in [6.45, 7) is 0. The monoisotopic (exact) mass is 422 g/mol. The molecule has 3 aromatic carbocycles. The molecule has 3 aromatic rings. The minimum Gasteiger partial charge on any atom is -0.733 e. The van der Waals surface area contributed by atoms with Crippen LogP contribution in [0.3, 0.4) is 0 Å². The molecule has 0 saturated carbocycles. The number of esters is 1. The van der Waals surface area contributed by atoms with Crippen LogP contribution < -0.4 is 14.7 Å². The summed E-state index contributed by atoms with van der Waals surface area (Å²) < 4.78 is 24.3. The van der Waals surface area contributed by atoms with Gasteiger partial charge in [-0.25, -0.2) is 9.18 Å². The maximum absolute atomic E-state index is 13.8. The Bertz CT molecular complexity index is 1140. The molecule has 0 radical (unpaired) electrons. The first-order valence-corrected chi connectivity index (χ1v) is 9.02. The van der Waals surface area contributed by atoms with Gasteiger partial charge in [-0.3, -0.25) is 10.0 Å². The Hall–Kier alpha value is -4.01. The quantitative estimate of drug-likeness (QED) is 0.195. The molecule has 0 amide bonds. The highest BCUT2D eigenvalue weighted by atomic mass is 19.1. The van der Waals surface area contributed by atoms with E-state index in [0.717, 1.165) is 24.3 Å². The van der Waals surface area contributed by atoms with Gasteiger partial charge in [0.15, 0.2) is 5.78 Å². The largest absolute Gasteiger partial charge is 0.733 e. The molecule has 0 aliphatic carbocycles. The number of carbonyl (C=O) groups excluding carboxylic acids is 2. The number of anilines is 1. The smallest absolute Gasteiger partial charge is 0.343 e. The molecule has 0 atom stereocenters. The first kappa shape index (κ1) is 21.7. The molecule has 0 aromatic heterocycles. The molecule has 7 nitrogen and oxygen atoms in total. The van der Waals surface area contributed by atoms with Crippen LogP contribution in [0, 0.1) is 11.0 Å². The zero-order chi connectivity index (χ0) is 22.4. The fourth-order valence-electron chi connectivity index (χ4n) is 2.75. The van der Waals surface area contributed by atoms with Gasteiger partial charge in [-0.2, -0.15) is 0 Å². The van der Waals surface area contributed by atoms with E-state index < -0.39 is 22.8 Å². The van der Waals surface area contributed by atoms with E-state index in [4.69, 9.17) is 14.7 Å². The lowest BCUT2D eigenvalue weighted by Gasteiger charge is -2.21. The highest BCUT2D eigenvalue weighted by Gasteiger charge is 2.17. The van der Waals surface area contributed by atoms with Crippen molar-refractivity contribution in [2.75, 3.05) is 12.3 Å². The molecule has 3 rings (SSSR count). The molecular formula is C23H17FNO6-. The van der Waals surface area contributed by atoms with Crippen LogP contribution in [0.2, 0.25) is 0 Å². The Balaban J connectivity index is 1.87. The van der Waals surface area contributed by atoms with Crippen molar-refractivity contribution in [1.29, 1.82) is 0 Å². The summed E-state index contributed by atoms with van der Waals surface area (Å²) in [6.07, 6.45) is 2.72. The highest BCUT2D eigenvalue weighted by molar-refractivity contribution is 6.09. The summed E-state index contributed by atoms with van der Waals surface area (Å²) in [5.41, 5.74) is 0.254. The molecule has 0 bridgehead atoms. The summed E-state index contributed by atoms with van der Waals surface area (Å²) in [4.78, 5) is 25.1. The Morgan fingerprint density at radius 1 is 1.03 bits per heavy atom. The third-order valence-electron chi connectivity index (χ3n) is 4.27. The van der Waals surface area contributed by atoms with E-state index in [1.807, 2.05) is 0 Å². The van der Waals surface area contributed by atoms with E-state index in [9.17, 15) is 19.2 Å². The number of benzene rings is 3.